The Bertz CT molecular complexity index is 423. The molecule has 0 fully saturated rings. The number of carbonyl (C=O) groups excluding carboxylic acids is 1. The SMILES string of the molecule is CC(=O)OC(C)C#CC1(O)C(C)=CCCC1(C)C. The lowest BCUT2D eigenvalue weighted by molar-refractivity contribution is -0.143. The van der Waals surface area contributed by atoms with E-state index in [1.54, 1.807) is 6.92 Å². The van der Waals surface area contributed by atoms with Crippen LogP contribution in [0.25, 0.3) is 0 Å². The molecule has 3 nitrogen and oxygen atoms in total. The van der Waals surface area contributed by atoms with Crippen LogP contribution in [0, 0.1) is 17.3 Å². The van der Waals surface area contributed by atoms with Crippen LogP contribution in [0.4, 0.5) is 0 Å². The van der Waals surface area contributed by atoms with Crippen LogP contribution in [0.1, 0.15) is 47.5 Å². The Kier molecular flexibility index (Phi) is 4.24. The van der Waals surface area contributed by atoms with E-state index in [4.69, 9.17) is 4.74 Å². The molecule has 2 atom stereocenters. The van der Waals surface area contributed by atoms with Crippen LogP contribution in [0.5, 0.6) is 0 Å². The molecule has 0 aromatic heterocycles. The van der Waals surface area contributed by atoms with Crippen LogP contribution in [-0.2, 0) is 9.53 Å². The second-order valence-electron chi connectivity index (χ2n) is 5.54. The molecule has 0 spiro atoms. The van der Waals surface area contributed by atoms with Crippen molar-refractivity contribution in [1.29, 1.82) is 0 Å². The fourth-order valence-electron chi connectivity index (χ4n) is 2.26. The maximum Gasteiger partial charge on any atom is 0.303 e. The Morgan fingerprint density at radius 2 is 2.17 bits per heavy atom. The summed E-state index contributed by atoms with van der Waals surface area (Å²) < 4.78 is 4.95. The van der Waals surface area contributed by atoms with Gasteiger partial charge >= 0.3 is 5.97 Å². The van der Waals surface area contributed by atoms with E-state index in [0.717, 1.165) is 18.4 Å². The molecule has 0 heterocycles. The third kappa shape index (κ3) is 2.94. The number of allylic oxidation sites excluding steroid dienone is 1. The van der Waals surface area contributed by atoms with Gasteiger partial charge in [-0.3, -0.25) is 4.79 Å². The smallest absolute Gasteiger partial charge is 0.303 e. The van der Waals surface area contributed by atoms with Crippen molar-refractivity contribution in [2.45, 2.75) is 59.2 Å². The molecule has 0 aromatic rings. The van der Waals surface area contributed by atoms with Gasteiger partial charge in [-0.05, 0) is 32.3 Å². The molecule has 1 rings (SSSR count). The van der Waals surface area contributed by atoms with Gasteiger partial charge in [0, 0.05) is 12.3 Å². The van der Waals surface area contributed by atoms with Gasteiger partial charge in [-0.2, -0.15) is 0 Å². The molecule has 0 amide bonds. The molecular formula is C15H22O3. The summed E-state index contributed by atoms with van der Waals surface area (Å²) >= 11 is 0. The number of hydrogen-bond donors (Lipinski definition) is 1. The van der Waals surface area contributed by atoms with E-state index in [-0.39, 0.29) is 11.4 Å². The van der Waals surface area contributed by atoms with Gasteiger partial charge in [-0.25, -0.2) is 0 Å². The summed E-state index contributed by atoms with van der Waals surface area (Å²) in [5, 5.41) is 10.8. The van der Waals surface area contributed by atoms with E-state index in [1.807, 2.05) is 26.8 Å². The third-order valence-electron chi connectivity index (χ3n) is 3.57. The van der Waals surface area contributed by atoms with Gasteiger partial charge in [0.15, 0.2) is 11.7 Å². The summed E-state index contributed by atoms with van der Waals surface area (Å²) in [4.78, 5) is 10.8. The summed E-state index contributed by atoms with van der Waals surface area (Å²) in [5.41, 5.74) is -0.560. The highest BCUT2D eigenvalue weighted by atomic mass is 16.5. The Hall–Kier alpha value is -1.27. The van der Waals surface area contributed by atoms with Gasteiger partial charge in [0.05, 0.1) is 0 Å². The normalized spacial score (nSPS) is 27.6. The monoisotopic (exact) mass is 250 g/mol. The Balaban J connectivity index is 2.98. The van der Waals surface area contributed by atoms with Gasteiger partial charge in [-0.15, -0.1) is 0 Å². The first-order valence-corrected chi connectivity index (χ1v) is 6.28. The summed E-state index contributed by atoms with van der Waals surface area (Å²) in [7, 11) is 0. The molecule has 1 N–H and O–H groups in total. The zero-order chi connectivity index (χ0) is 14.0. The minimum absolute atomic E-state index is 0.297. The Morgan fingerprint density at radius 1 is 1.56 bits per heavy atom. The molecule has 0 radical (unpaired) electrons. The van der Waals surface area contributed by atoms with Gasteiger partial charge < -0.3 is 9.84 Å². The summed E-state index contributed by atoms with van der Waals surface area (Å²) in [6, 6.07) is 0. The number of rotatable bonds is 1. The fourth-order valence-corrected chi connectivity index (χ4v) is 2.26. The predicted molar refractivity (Wildman–Crippen MR) is 70.7 cm³/mol. The molecule has 18 heavy (non-hydrogen) atoms. The maximum atomic E-state index is 10.8. The second-order valence-corrected chi connectivity index (χ2v) is 5.54. The largest absolute Gasteiger partial charge is 0.450 e. The molecule has 0 saturated carbocycles. The van der Waals surface area contributed by atoms with Crippen molar-refractivity contribution in [1.82, 2.24) is 0 Å². The minimum atomic E-state index is -1.14. The average Bonchev–Trinajstić information content (AvgIpc) is 2.22. The predicted octanol–water partition coefficient (Wildman–Crippen LogP) is 2.44. The van der Waals surface area contributed by atoms with Crippen LogP contribution in [-0.4, -0.2) is 22.8 Å². The number of ether oxygens (including phenoxy) is 1. The zero-order valence-corrected chi connectivity index (χ0v) is 11.8. The van der Waals surface area contributed by atoms with Crippen molar-refractivity contribution >= 4 is 5.97 Å². The van der Waals surface area contributed by atoms with Crippen LogP contribution in [0.2, 0.25) is 0 Å². The van der Waals surface area contributed by atoms with E-state index in [2.05, 4.69) is 11.8 Å². The van der Waals surface area contributed by atoms with Crippen LogP contribution in [0.15, 0.2) is 11.6 Å². The maximum absolute atomic E-state index is 10.8. The van der Waals surface area contributed by atoms with E-state index in [9.17, 15) is 9.90 Å². The number of esters is 1. The molecule has 0 aliphatic heterocycles. The fraction of sp³-hybridized carbons (Fsp3) is 0.667. The van der Waals surface area contributed by atoms with Crippen molar-refractivity contribution in [2.24, 2.45) is 5.41 Å². The van der Waals surface area contributed by atoms with Crippen molar-refractivity contribution in [2.75, 3.05) is 0 Å². The summed E-state index contributed by atoms with van der Waals surface area (Å²) in [5.74, 6) is 5.37. The second kappa shape index (κ2) is 5.16. The molecule has 2 unspecified atom stereocenters. The first kappa shape index (κ1) is 14.8. The van der Waals surface area contributed by atoms with Gasteiger partial charge in [0.25, 0.3) is 0 Å². The lowest BCUT2D eigenvalue weighted by atomic mass is 9.65. The highest BCUT2D eigenvalue weighted by Crippen LogP contribution is 2.43. The molecule has 0 aromatic carbocycles. The first-order chi connectivity index (χ1) is 8.19. The van der Waals surface area contributed by atoms with Gasteiger partial charge in [0.2, 0.25) is 0 Å². The van der Waals surface area contributed by atoms with Crippen molar-refractivity contribution < 1.29 is 14.6 Å². The molecule has 1 aliphatic carbocycles. The molecule has 0 bridgehead atoms. The van der Waals surface area contributed by atoms with Crippen molar-refractivity contribution in [3.8, 4) is 11.8 Å². The van der Waals surface area contributed by atoms with Crippen LogP contribution < -0.4 is 0 Å². The highest BCUT2D eigenvalue weighted by molar-refractivity contribution is 5.66. The van der Waals surface area contributed by atoms with Crippen molar-refractivity contribution in [3.05, 3.63) is 11.6 Å². The van der Waals surface area contributed by atoms with Crippen LogP contribution in [0.3, 0.4) is 0 Å². The number of carbonyl (C=O) groups is 1. The lowest BCUT2D eigenvalue weighted by Gasteiger charge is -2.42. The minimum Gasteiger partial charge on any atom is -0.450 e. The molecule has 1 aliphatic rings. The van der Waals surface area contributed by atoms with E-state index < -0.39 is 11.7 Å². The topological polar surface area (TPSA) is 46.5 Å². The molecular weight excluding hydrogens is 228 g/mol. The van der Waals surface area contributed by atoms with Gasteiger partial charge in [0.1, 0.15) is 0 Å². The molecule has 3 heteroatoms. The first-order valence-electron chi connectivity index (χ1n) is 6.28. The van der Waals surface area contributed by atoms with Crippen molar-refractivity contribution in [3.63, 3.8) is 0 Å². The van der Waals surface area contributed by atoms with E-state index in [1.165, 1.54) is 6.92 Å². The van der Waals surface area contributed by atoms with Gasteiger partial charge in [-0.1, -0.05) is 31.8 Å². The van der Waals surface area contributed by atoms with E-state index in [0.29, 0.717) is 0 Å². The van der Waals surface area contributed by atoms with E-state index >= 15 is 0 Å². The number of aliphatic hydroxyl groups is 1. The Labute approximate surface area is 109 Å². The average molecular weight is 250 g/mol. The van der Waals surface area contributed by atoms with Crippen LogP contribution >= 0.6 is 0 Å². The lowest BCUT2D eigenvalue weighted by Crippen LogP contribution is -2.46. The highest BCUT2D eigenvalue weighted by Gasteiger charge is 2.45. The molecule has 100 valence electrons. The summed E-state index contributed by atoms with van der Waals surface area (Å²) in [6.45, 7) is 8.96. The standard InChI is InChI=1S/C15H22O3/c1-11-7-6-9-14(4,5)15(11,17)10-8-12(2)18-13(3)16/h7,12,17H,6,9H2,1-5H3. The Morgan fingerprint density at radius 3 is 2.67 bits per heavy atom. The quantitative estimate of drug-likeness (QED) is 0.442. The third-order valence-corrected chi connectivity index (χ3v) is 3.57. The number of hydrogen-bond acceptors (Lipinski definition) is 3. The molecule has 0 saturated heterocycles. The zero-order valence-electron chi connectivity index (χ0n) is 11.8. The summed E-state index contributed by atoms with van der Waals surface area (Å²) in [6.07, 6.45) is 3.37.